The molecule has 1 aromatic carbocycles. The number of ether oxygens (including phenoxy) is 1. The molecule has 0 bridgehead atoms. The van der Waals surface area contributed by atoms with Crippen molar-refractivity contribution in [1.29, 1.82) is 0 Å². The Labute approximate surface area is 123 Å². The molecule has 1 atom stereocenters. The molecule has 0 spiro atoms. The third-order valence-corrected chi connectivity index (χ3v) is 3.48. The van der Waals surface area contributed by atoms with Crippen LogP contribution in [0.25, 0.3) is 11.4 Å². The summed E-state index contributed by atoms with van der Waals surface area (Å²) < 4.78 is 5.32. The SMILES string of the molecule is COc1ccccc1-c1nc(C)c(C(C)C(=O)O)c(C)n1. The second kappa shape index (κ2) is 5.91. The standard InChI is InChI=1S/C16H18N2O3/c1-9(16(19)20)14-10(2)17-15(18-11(14)3)12-7-5-6-8-13(12)21-4/h5-9H,1-4H3,(H,19,20). The molecule has 5 heteroatoms. The summed E-state index contributed by atoms with van der Waals surface area (Å²) in [5, 5.41) is 9.18. The van der Waals surface area contributed by atoms with Crippen molar-refractivity contribution in [1.82, 2.24) is 9.97 Å². The quantitative estimate of drug-likeness (QED) is 0.935. The number of carboxylic acids is 1. The molecule has 21 heavy (non-hydrogen) atoms. The van der Waals surface area contributed by atoms with Crippen molar-refractivity contribution in [2.24, 2.45) is 0 Å². The fourth-order valence-corrected chi connectivity index (χ4v) is 2.42. The Morgan fingerprint density at radius 3 is 2.29 bits per heavy atom. The minimum Gasteiger partial charge on any atom is -0.496 e. The van der Waals surface area contributed by atoms with Gasteiger partial charge in [0.25, 0.3) is 0 Å². The van der Waals surface area contributed by atoms with Gasteiger partial charge in [-0.1, -0.05) is 12.1 Å². The zero-order valence-electron chi connectivity index (χ0n) is 12.5. The van der Waals surface area contributed by atoms with E-state index in [1.54, 1.807) is 14.0 Å². The van der Waals surface area contributed by atoms with E-state index in [1.807, 2.05) is 38.1 Å². The molecule has 0 saturated carbocycles. The minimum atomic E-state index is -0.880. The number of hydrogen-bond acceptors (Lipinski definition) is 4. The number of aromatic nitrogens is 2. The van der Waals surface area contributed by atoms with Crippen molar-refractivity contribution >= 4 is 5.97 Å². The predicted molar refractivity (Wildman–Crippen MR) is 79.5 cm³/mol. The summed E-state index contributed by atoms with van der Waals surface area (Å²) in [6.07, 6.45) is 0. The lowest BCUT2D eigenvalue weighted by Gasteiger charge is -2.15. The molecule has 2 rings (SSSR count). The van der Waals surface area contributed by atoms with E-state index in [0.717, 1.165) is 5.56 Å². The summed E-state index contributed by atoms with van der Waals surface area (Å²) in [5.74, 6) is -0.273. The van der Waals surface area contributed by atoms with Crippen molar-refractivity contribution in [2.75, 3.05) is 7.11 Å². The normalized spacial score (nSPS) is 12.0. The number of hydrogen-bond donors (Lipinski definition) is 1. The molecule has 0 aliphatic heterocycles. The topological polar surface area (TPSA) is 72.3 Å². The second-order valence-electron chi connectivity index (χ2n) is 4.89. The summed E-state index contributed by atoms with van der Waals surface area (Å²) >= 11 is 0. The number of nitrogens with zero attached hydrogens (tertiary/aromatic N) is 2. The first-order valence-electron chi connectivity index (χ1n) is 6.67. The average molecular weight is 286 g/mol. The lowest BCUT2D eigenvalue weighted by Crippen LogP contribution is -2.13. The molecule has 1 unspecified atom stereocenters. The lowest BCUT2D eigenvalue weighted by atomic mass is 9.98. The zero-order chi connectivity index (χ0) is 15.6. The molecule has 0 aliphatic carbocycles. The Balaban J connectivity index is 2.57. The number of rotatable bonds is 4. The van der Waals surface area contributed by atoms with Crippen LogP contribution in [0.1, 0.15) is 29.8 Å². The van der Waals surface area contributed by atoms with Crippen LogP contribution in [0.4, 0.5) is 0 Å². The van der Waals surface area contributed by atoms with E-state index in [9.17, 15) is 9.90 Å². The van der Waals surface area contributed by atoms with Crippen LogP contribution in [0.5, 0.6) is 5.75 Å². The summed E-state index contributed by atoms with van der Waals surface area (Å²) in [7, 11) is 1.60. The molecule has 110 valence electrons. The van der Waals surface area contributed by atoms with Crippen LogP contribution >= 0.6 is 0 Å². The van der Waals surface area contributed by atoms with Gasteiger partial charge in [-0.2, -0.15) is 0 Å². The van der Waals surface area contributed by atoms with E-state index in [0.29, 0.717) is 28.5 Å². The molecule has 0 radical (unpaired) electrons. The van der Waals surface area contributed by atoms with Crippen LogP contribution in [0.2, 0.25) is 0 Å². The zero-order valence-corrected chi connectivity index (χ0v) is 12.5. The first kappa shape index (κ1) is 15.0. The maximum atomic E-state index is 11.2. The molecule has 0 saturated heterocycles. The third-order valence-electron chi connectivity index (χ3n) is 3.48. The Bertz CT molecular complexity index is 660. The van der Waals surface area contributed by atoms with Gasteiger partial charge in [-0.15, -0.1) is 0 Å². The number of carbonyl (C=O) groups is 1. The van der Waals surface area contributed by atoms with Crippen LogP contribution in [0.3, 0.4) is 0 Å². The Hall–Kier alpha value is -2.43. The molecule has 0 amide bonds. The first-order chi connectivity index (χ1) is 9.95. The number of aryl methyl sites for hydroxylation is 2. The molecular weight excluding hydrogens is 268 g/mol. The predicted octanol–water partition coefficient (Wildman–Crippen LogP) is 2.96. The summed E-state index contributed by atoms with van der Waals surface area (Å²) in [6, 6.07) is 7.49. The van der Waals surface area contributed by atoms with Crippen LogP contribution in [0.15, 0.2) is 24.3 Å². The van der Waals surface area contributed by atoms with E-state index in [-0.39, 0.29) is 0 Å². The van der Waals surface area contributed by atoms with E-state index >= 15 is 0 Å². The number of carboxylic acid groups (broad SMARTS) is 1. The molecule has 1 heterocycles. The summed E-state index contributed by atoms with van der Waals surface area (Å²) in [5.41, 5.74) is 2.82. The third kappa shape index (κ3) is 2.86. The maximum absolute atomic E-state index is 11.2. The highest BCUT2D eigenvalue weighted by Gasteiger charge is 2.21. The van der Waals surface area contributed by atoms with Crippen molar-refractivity contribution in [3.8, 4) is 17.1 Å². The Kier molecular flexibility index (Phi) is 4.21. The molecule has 5 nitrogen and oxygen atoms in total. The summed E-state index contributed by atoms with van der Waals surface area (Å²) in [4.78, 5) is 20.1. The van der Waals surface area contributed by atoms with E-state index in [2.05, 4.69) is 9.97 Å². The molecule has 1 aromatic heterocycles. The number of benzene rings is 1. The fraction of sp³-hybridized carbons (Fsp3) is 0.312. The van der Waals surface area contributed by atoms with Crippen LogP contribution in [-0.2, 0) is 4.79 Å². The van der Waals surface area contributed by atoms with E-state index in [4.69, 9.17) is 4.74 Å². The van der Waals surface area contributed by atoms with Crippen molar-refractivity contribution < 1.29 is 14.6 Å². The smallest absolute Gasteiger partial charge is 0.310 e. The largest absolute Gasteiger partial charge is 0.496 e. The van der Waals surface area contributed by atoms with Gasteiger partial charge in [-0.05, 0) is 32.9 Å². The van der Waals surface area contributed by atoms with Crippen LogP contribution < -0.4 is 4.74 Å². The van der Waals surface area contributed by atoms with Gasteiger partial charge in [0.05, 0.1) is 18.6 Å². The van der Waals surface area contributed by atoms with Crippen LogP contribution in [0, 0.1) is 13.8 Å². The maximum Gasteiger partial charge on any atom is 0.310 e. The van der Waals surface area contributed by atoms with Gasteiger partial charge in [0.1, 0.15) is 5.75 Å². The van der Waals surface area contributed by atoms with Gasteiger partial charge < -0.3 is 9.84 Å². The minimum absolute atomic E-state index is 0.545. The molecular formula is C16H18N2O3. The van der Waals surface area contributed by atoms with Crippen molar-refractivity contribution in [2.45, 2.75) is 26.7 Å². The monoisotopic (exact) mass is 286 g/mol. The highest BCUT2D eigenvalue weighted by Crippen LogP contribution is 2.29. The van der Waals surface area contributed by atoms with Gasteiger partial charge in [0.2, 0.25) is 0 Å². The highest BCUT2D eigenvalue weighted by atomic mass is 16.5. The van der Waals surface area contributed by atoms with Crippen LogP contribution in [-0.4, -0.2) is 28.2 Å². The van der Waals surface area contributed by atoms with Gasteiger partial charge in [0.15, 0.2) is 5.82 Å². The van der Waals surface area contributed by atoms with Gasteiger partial charge in [0, 0.05) is 17.0 Å². The Morgan fingerprint density at radius 2 is 1.76 bits per heavy atom. The molecule has 0 fully saturated rings. The first-order valence-corrected chi connectivity index (χ1v) is 6.67. The van der Waals surface area contributed by atoms with Gasteiger partial charge >= 0.3 is 5.97 Å². The van der Waals surface area contributed by atoms with E-state index in [1.165, 1.54) is 0 Å². The molecule has 1 N–H and O–H groups in total. The van der Waals surface area contributed by atoms with Crippen molar-refractivity contribution in [3.05, 3.63) is 41.2 Å². The molecule has 0 aliphatic rings. The average Bonchev–Trinajstić information content (AvgIpc) is 2.46. The number of para-hydroxylation sites is 1. The second-order valence-corrected chi connectivity index (χ2v) is 4.89. The van der Waals surface area contributed by atoms with Crippen molar-refractivity contribution in [3.63, 3.8) is 0 Å². The number of methoxy groups -OCH3 is 1. The lowest BCUT2D eigenvalue weighted by molar-refractivity contribution is -0.138. The summed E-state index contributed by atoms with van der Waals surface area (Å²) in [6.45, 7) is 5.26. The number of aliphatic carboxylic acids is 1. The Morgan fingerprint density at radius 1 is 1.19 bits per heavy atom. The molecule has 2 aromatic rings. The highest BCUT2D eigenvalue weighted by molar-refractivity contribution is 5.76. The van der Waals surface area contributed by atoms with E-state index < -0.39 is 11.9 Å². The van der Waals surface area contributed by atoms with Gasteiger partial charge in [-0.25, -0.2) is 9.97 Å². The fourth-order valence-electron chi connectivity index (χ4n) is 2.42. The van der Waals surface area contributed by atoms with Gasteiger partial charge in [-0.3, -0.25) is 4.79 Å².